The largest absolute Gasteiger partial charge is 0.377 e. The second kappa shape index (κ2) is 8.15. The van der Waals surface area contributed by atoms with Crippen LogP contribution < -0.4 is 10.2 Å². The Bertz CT molecular complexity index is 597. The van der Waals surface area contributed by atoms with E-state index in [0.29, 0.717) is 19.0 Å². The molecule has 0 unspecified atom stereocenters. The Labute approximate surface area is 143 Å². The van der Waals surface area contributed by atoms with Crippen LogP contribution in [0, 0.1) is 0 Å². The van der Waals surface area contributed by atoms with Gasteiger partial charge in [-0.05, 0) is 36.6 Å². The van der Waals surface area contributed by atoms with Crippen molar-refractivity contribution < 1.29 is 14.3 Å². The van der Waals surface area contributed by atoms with E-state index >= 15 is 0 Å². The van der Waals surface area contributed by atoms with Crippen LogP contribution >= 0.6 is 0 Å². The average Bonchev–Trinajstić information content (AvgIpc) is 3.37. The maximum absolute atomic E-state index is 12.3. The minimum atomic E-state index is -0.0203. The van der Waals surface area contributed by atoms with Gasteiger partial charge in [-0.1, -0.05) is 6.92 Å². The molecule has 0 atom stereocenters. The van der Waals surface area contributed by atoms with E-state index in [-0.39, 0.29) is 18.4 Å². The van der Waals surface area contributed by atoms with Gasteiger partial charge in [0.25, 0.3) is 0 Å². The highest BCUT2D eigenvalue weighted by Crippen LogP contribution is 2.31. The Hall–Kier alpha value is -2.08. The molecule has 0 bridgehead atoms. The lowest BCUT2D eigenvalue weighted by Crippen LogP contribution is -2.35. The fourth-order valence-electron chi connectivity index (χ4n) is 2.67. The molecular formula is C18H27N3O3. The van der Waals surface area contributed by atoms with E-state index in [1.54, 1.807) is 0 Å². The molecule has 1 fully saturated rings. The number of rotatable bonds is 8. The highest BCUT2D eigenvalue weighted by molar-refractivity contribution is 5.91. The van der Waals surface area contributed by atoms with E-state index in [2.05, 4.69) is 5.32 Å². The van der Waals surface area contributed by atoms with Crippen molar-refractivity contribution >= 4 is 23.2 Å². The van der Waals surface area contributed by atoms with Gasteiger partial charge >= 0.3 is 0 Å². The lowest BCUT2D eigenvalue weighted by molar-refractivity contribution is -0.136. The molecule has 0 saturated heterocycles. The number of anilines is 2. The highest BCUT2D eigenvalue weighted by Gasteiger charge is 2.32. The summed E-state index contributed by atoms with van der Waals surface area (Å²) >= 11 is 0. The van der Waals surface area contributed by atoms with Gasteiger partial charge in [-0.3, -0.25) is 9.59 Å². The fraction of sp³-hybridized carbons (Fsp3) is 0.556. The average molecular weight is 333 g/mol. The van der Waals surface area contributed by atoms with E-state index < -0.39 is 0 Å². The standard InChI is InChI=1S/C18H27N3O3/c1-5-17(22)19-14-6-9-16(20(2)3)13(10-14)11-21(15-7-8-15)18(23)12-24-4/h6,9-10,15H,5,7-8,11-12H2,1-4H3,(H,19,22). The Morgan fingerprint density at radius 3 is 2.54 bits per heavy atom. The number of nitrogens with one attached hydrogen (secondary N) is 1. The fourth-order valence-corrected chi connectivity index (χ4v) is 2.67. The molecular weight excluding hydrogens is 306 g/mol. The zero-order valence-electron chi connectivity index (χ0n) is 15.0. The van der Waals surface area contributed by atoms with E-state index in [9.17, 15) is 9.59 Å². The van der Waals surface area contributed by atoms with Gasteiger partial charge in [0.2, 0.25) is 11.8 Å². The van der Waals surface area contributed by atoms with Crippen molar-refractivity contribution in [2.75, 3.05) is 38.0 Å². The molecule has 24 heavy (non-hydrogen) atoms. The summed E-state index contributed by atoms with van der Waals surface area (Å²) in [6, 6.07) is 6.13. The first-order valence-corrected chi connectivity index (χ1v) is 8.34. The van der Waals surface area contributed by atoms with Crippen LogP contribution in [-0.2, 0) is 20.9 Å². The Morgan fingerprint density at radius 2 is 2.00 bits per heavy atom. The van der Waals surface area contributed by atoms with Crippen LogP contribution in [0.1, 0.15) is 31.7 Å². The molecule has 0 aromatic heterocycles. The number of carbonyl (C=O) groups excluding carboxylic acids is 2. The third kappa shape index (κ3) is 4.71. The number of benzene rings is 1. The maximum Gasteiger partial charge on any atom is 0.249 e. The summed E-state index contributed by atoms with van der Waals surface area (Å²) in [5, 5.41) is 2.89. The summed E-state index contributed by atoms with van der Waals surface area (Å²) in [4.78, 5) is 27.9. The SMILES string of the molecule is CCC(=O)Nc1ccc(N(C)C)c(CN(C(=O)COC)C2CC2)c1. The number of hydrogen-bond acceptors (Lipinski definition) is 4. The van der Waals surface area contributed by atoms with Crippen molar-refractivity contribution in [1.82, 2.24) is 4.90 Å². The molecule has 1 aromatic carbocycles. The summed E-state index contributed by atoms with van der Waals surface area (Å²) < 4.78 is 5.01. The molecule has 0 aliphatic heterocycles. The smallest absolute Gasteiger partial charge is 0.249 e. The number of carbonyl (C=O) groups is 2. The van der Waals surface area contributed by atoms with E-state index in [1.165, 1.54) is 7.11 Å². The van der Waals surface area contributed by atoms with Crippen LogP contribution in [0.3, 0.4) is 0 Å². The summed E-state index contributed by atoms with van der Waals surface area (Å²) in [6.45, 7) is 2.44. The van der Waals surface area contributed by atoms with Gasteiger partial charge in [-0.2, -0.15) is 0 Å². The van der Waals surface area contributed by atoms with Gasteiger partial charge < -0.3 is 19.9 Å². The third-order valence-electron chi connectivity index (χ3n) is 4.08. The van der Waals surface area contributed by atoms with Gasteiger partial charge in [-0.15, -0.1) is 0 Å². The Morgan fingerprint density at radius 1 is 1.29 bits per heavy atom. The molecule has 0 radical (unpaired) electrons. The lowest BCUT2D eigenvalue weighted by Gasteiger charge is -2.26. The van der Waals surface area contributed by atoms with Crippen molar-refractivity contribution in [3.05, 3.63) is 23.8 Å². The zero-order valence-corrected chi connectivity index (χ0v) is 15.0. The van der Waals surface area contributed by atoms with Crippen molar-refractivity contribution in [2.45, 2.75) is 38.8 Å². The van der Waals surface area contributed by atoms with Crippen molar-refractivity contribution in [3.8, 4) is 0 Å². The Balaban J connectivity index is 2.25. The number of ether oxygens (including phenoxy) is 1. The number of methoxy groups -OCH3 is 1. The molecule has 1 aliphatic carbocycles. The number of amides is 2. The van der Waals surface area contributed by atoms with Crippen molar-refractivity contribution in [2.24, 2.45) is 0 Å². The van der Waals surface area contributed by atoms with Crippen molar-refractivity contribution in [1.29, 1.82) is 0 Å². The van der Waals surface area contributed by atoms with Crippen LogP contribution in [0.25, 0.3) is 0 Å². The second-order valence-corrected chi connectivity index (χ2v) is 6.33. The monoisotopic (exact) mass is 333 g/mol. The van der Waals surface area contributed by atoms with E-state index in [4.69, 9.17) is 4.74 Å². The summed E-state index contributed by atoms with van der Waals surface area (Å²) in [5.41, 5.74) is 2.82. The van der Waals surface area contributed by atoms with Gasteiger partial charge in [0.05, 0.1) is 0 Å². The predicted molar refractivity (Wildman–Crippen MR) is 95.1 cm³/mol. The molecule has 1 saturated carbocycles. The molecule has 6 nitrogen and oxygen atoms in total. The van der Waals surface area contributed by atoms with Gasteiger partial charge in [-0.25, -0.2) is 0 Å². The number of nitrogens with zero attached hydrogens (tertiary/aromatic N) is 2. The first-order valence-electron chi connectivity index (χ1n) is 8.34. The summed E-state index contributed by atoms with van der Waals surface area (Å²) in [5.74, 6) is -0.0132. The highest BCUT2D eigenvalue weighted by atomic mass is 16.5. The summed E-state index contributed by atoms with van der Waals surface area (Å²) in [6.07, 6.45) is 2.52. The van der Waals surface area contributed by atoms with Crippen LogP contribution in [0.2, 0.25) is 0 Å². The minimum Gasteiger partial charge on any atom is -0.377 e. The minimum absolute atomic E-state index is 0.00713. The van der Waals surface area contributed by atoms with E-state index in [1.807, 2.05) is 49.0 Å². The van der Waals surface area contributed by atoms with Crippen LogP contribution in [0.5, 0.6) is 0 Å². The maximum atomic E-state index is 12.3. The molecule has 2 amide bonds. The molecule has 2 rings (SSSR count). The first-order chi connectivity index (χ1) is 11.5. The lowest BCUT2D eigenvalue weighted by atomic mass is 10.1. The van der Waals surface area contributed by atoms with Gasteiger partial charge in [0.15, 0.2) is 0 Å². The topological polar surface area (TPSA) is 61.9 Å². The zero-order chi connectivity index (χ0) is 17.7. The third-order valence-corrected chi connectivity index (χ3v) is 4.08. The van der Waals surface area contributed by atoms with Crippen LogP contribution in [0.4, 0.5) is 11.4 Å². The van der Waals surface area contributed by atoms with Crippen molar-refractivity contribution in [3.63, 3.8) is 0 Å². The molecule has 132 valence electrons. The van der Waals surface area contributed by atoms with E-state index in [0.717, 1.165) is 29.8 Å². The normalized spacial score (nSPS) is 13.5. The first kappa shape index (κ1) is 18.3. The van der Waals surface area contributed by atoms with Crippen LogP contribution in [0.15, 0.2) is 18.2 Å². The number of hydrogen-bond donors (Lipinski definition) is 1. The second-order valence-electron chi connectivity index (χ2n) is 6.33. The van der Waals surface area contributed by atoms with Gasteiger partial charge in [0.1, 0.15) is 6.61 Å². The molecule has 0 spiro atoms. The quantitative estimate of drug-likeness (QED) is 0.792. The molecule has 1 N–H and O–H groups in total. The summed E-state index contributed by atoms with van der Waals surface area (Å²) in [7, 11) is 5.48. The molecule has 6 heteroatoms. The van der Waals surface area contributed by atoms with Gasteiger partial charge in [0, 0.05) is 51.6 Å². The predicted octanol–water partition coefficient (Wildman–Crippen LogP) is 2.24. The Kier molecular flexibility index (Phi) is 6.20. The molecule has 1 aromatic rings. The molecule has 1 aliphatic rings. The molecule has 0 heterocycles. The van der Waals surface area contributed by atoms with Crippen LogP contribution in [-0.4, -0.2) is 50.6 Å².